The second kappa shape index (κ2) is 9.42. The third-order valence-electron chi connectivity index (χ3n) is 4.70. The van der Waals surface area contributed by atoms with E-state index in [4.69, 9.17) is 5.73 Å². The van der Waals surface area contributed by atoms with Crippen LogP contribution in [0.5, 0.6) is 0 Å². The van der Waals surface area contributed by atoms with Gasteiger partial charge < -0.3 is 16.0 Å². The number of nitrogens with one attached hydrogen (secondary N) is 1. The zero-order chi connectivity index (χ0) is 15.8. The maximum Gasteiger partial charge on any atom is 0.237 e. The summed E-state index contributed by atoms with van der Waals surface area (Å²) in [7, 11) is 0. The van der Waals surface area contributed by atoms with Crippen molar-refractivity contribution in [2.75, 3.05) is 26.2 Å². The van der Waals surface area contributed by atoms with Gasteiger partial charge in [-0.25, -0.2) is 0 Å². The topological polar surface area (TPSA) is 58.4 Å². The molecule has 4 atom stereocenters. The lowest BCUT2D eigenvalue weighted by Gasteiger charge is -2.34. The molecule has 1 saturated heterocycles. The largest absolute Gasteiger partial charge is 0.355 e. The molecule has 4 heteroatoms. The number of piperidine rings is 1. The number of amides is 1. The fraction of sp³-hybridized carbons (Fsp3) is 0.941. The predicted molar refractivity (Wildman–Crippen MR) is 89.1 cm³/mol. The van der Waals surface area contributed by atoms with Crippen LogP contribution in [0.25, 0.3) is 0 Å². The average Bonchev–Trinajstić information content (AvgIpc) is 2.44. The molecule has 1 rings (SSSR count). The van der Waals surface area contributed by atoms with Crippen LogP contribution in [-0.2, 0) is 4.79 Å². The number of hydrogen-bond acceptors (Lipinski definition) is 3. The maximum absolute atomic E-state index is 11.8. The van der Waals surface area contributed by atoms with Crippen LogP contribution in [0.4, 0.5) is 0 Å². The Morgan fingerprint density at radius 2 is 1.90 bits per heavy atom. The van der Waals surface area contributed by atoms with Gasteiger partial charge in [-0.2, -0.15) is 0 Å². The standard InChI is InChI=1S/C17H35N3O/c1-5-15(4)16(18)17(21)19-8-6-7-9-20-11-13(2)10-14(3)12-20/h13-16H,5-12,18H2,1-4H3,(H,19,21). The number of unbranched alkanes of at least 4 members (excludes halogenated alkanes) is 1. The van der Waals surface area contributed by atoms with Crippen LogP contribution < -0.4 is 11.1 Å². The highest BCUT2D eigenvalue weighted by molar-refractivity contribution is 5.81. The van der Waals surface area contributed by atoms with Gasteiger partial charge in [0.2, 0.25) is 5.91 Å². The number of carbonyl (C=O) groups excluding carboxylic acids is 1. The summed E-state index contributed by atoms with van der Waals surface area (Å²) in [6.45, 7) is 13.2. The molecule has 0 bridgehead atoms. The Bertz CT molecular complexity index is 298. The third kappa shape index (κ3) is 6.79. The number of carbonyl (C=O) groups is 1. The summed E-state index contributed by atoms with van der Waals surface area (Å²) in [6.07, 6.45) is 4.50. The van der Waals surface area contributed by atoms with Crippen LogP contribution in [0.3, 0.4) is 0 Å². The number of rotatable bonds is 8. The Hall–Kier alpha value is -0.610. The van der Waals surface area contributed by atoms with Crippen LogP contribution in [0.15, 0.2) is 0 Å². The summed E-state index contributed by atoms with van der Waals surface area (Å²) in [5.41, 5.74) is 5.91. The molecule has 1 fully saturated rings. The van der Waals surface area contributed by atoms with Gasteiger partial charge in [-0.1, -0.05) is 34.1 Å². The van der Waals surface area contributed by atoms with Gasteiger partial charge >= 0.3 is 0 Å². The molecular formula is C17H35N3O. The summed E-state index contributed by atoms with van der Waals surface area (Å²) in [6, 6.07) is -0.362. The lowest BCUT2D eigenvalue weighted by Crippen LogP contribution is -2.45. The molecule has 1 amide bonds. The molecule has 3 N–H and O–H groups in total. The van der Waals surface area contributed by atoms with E-state index in [9.17, 15) is 4.79 Å². The fourth-order valence-electron chi connectivity index (χ4n) is 3.28. The molecule has 0 aromatic carbocycles. The van der Waals surface area contributed by atoms with Crippen molar-refractivity contribution >= 4 is 5.91 Å². The van der Waals surface area contributed by atoms with Gasteiger partial charge in [0.05, 0.1) is 6.04 Å². The average molecular weight is 297 g/mol. The smallest absolute Gasteiger partial charge is 0.237 e. The number of hydrogen-bond donors (Lipinski definition) is 2. The Labute approximate surface area is 130 Å². The second-order valence-corrected chi connectivity index (χ2v) is 7.12. The van der Waals surface area contributed by atoms with E-state index < -0.39 is 0 Å². The molecule has 0 radical (unpaired) electrons. The molecule has 4 unspecified atom stereocenters. The van der Waals surface area contributed by atoms with E-state index in [1.54, 1.807) is 0 Å². The Balaban J connectivity index is 2.10. The van der Waals surface area contributed by atoms with Gasteiger partial charge in [0.25, 0.3) is 0 Å². The molecule has 0 saturated carbocycles. The van der Waals surface area contributed by atoms with Gasteiger partial charge in [0.15, 0.2) is 0 Å². The summed E-state index contributed by atoms with van der Waals surface area (Å²) in [4.78, 5) is 14.4. The number of nitrogens with two attached hydrogens (primary N) is 1. The summed E-state index contributed by atoms with van der Waals surface area (Å²) >= 11 is 0. The summed E-state index contributed by atoms with van der Waals surface area (Å²) in [5.74, 6) is 1.90. The monoisotopic (exact) mass is 297 g/mol. The predicted octanol–water partition coefficient (Wildman–Crippen LogP) is 2.23. The molecule has 21 heavy (non-hydrogen) atoms. The Kier molecular flexibility index (Phi) is 8.27. The van der Waals surface area contributed by atoms with Gasteiger partial charge in [0.1, 0.15) is 0 Å². The molecule has 0 aliphatic carbocycles. The van der Waals surface area contributed by atoms with Crippen molar-refractivity contribution in [3.8, 4) is 0 Å². The molecule has 0 aromatic rings. The highest BCUT2D eigenvalue weighted by Crippen LogP contribution is 2.20. The van der Waals surface area contributed by atoms with E-state index in [0.717, 1.165) is 44.2 Å². The van der Waals surface area contributed by atoms with E-state index in [1.165, 1.54) is 19.5 Å². The maximum atomic E-state index is 11.8. The normalized spacial score (nSPS) is 26.3. The lowest BCUT2D eigenvalue weighted by atomic mass is 9.92. The third-order valence-corrected chi connectivity index (χ3v) is 4.70. The van der Waals surface area contributed by atoms with Gasteiger partial charge in [-0.3, -0.25) is 4.79 Å². The molecular weight excluding hydrogens is 262 g/mol. The zero-order valence-electron chi connectivity index (χ0n) is 14.4. The molecule has 1 heterocycles. The van der Waals surface area contributed by atoms with E-state index in [1.807, 2.05) is 6.92 Å². The minimum Gasteiger partial charge on any atom is -0.355 e. The van der Waals surface area contributed by atoms with Gasteiger partial charge in [-0.05, 0) is 43.6 Å². The molecule has 0 aromatic heterocycles. The van der Waals surface area contributed by atoms with Crippen LogP contribution in [0.2, 0.25) is 0 Å². The van der Waals surface area contributed by atoms with Crippen molar-refractivity contribution in [1.29, 1.82) is 0 Å². The van der Waals surface area contributed by atoms with Gasteiger partial charge in [0, 0.05) is 19.6 Å². The van der Waals surface area contributed by atoms with E-state index in [-0.39, 0.29) is 17.9 Å². The van der Waals surface area contributed by atoms with E-state index in [0.29, 0.717) is 0 Å². The highest BCUT2D eigenvalue weighted by atomic mass is 16.2. The quantitative estimate of drug-likeness (QED) is 0.676. The van der Waals surface area contributed by atoms with Crippen LogP contribution >= 0.6 is 0 Å². The zero-order valence-corrected chi connectivity index (χ0v) is 14.4. The SMILES string of the molecule is CCC(C)C(N)C(=O)NCCCCN1CC(C)CC(C)C1. The van der Waals surface area contributed by atoms with Crippen molar-refractivity contribution in [3.05, 3.63) is 0 Å². The van der Waals surface area contributed by atoms with Crippen molar-refractivity contribution in [2.24, 2.45) is 23.5 Å². The first kappa shape index (κ1) is 18.4. The molecule has 1 aliphatic rings. The second-order valence-electron chi connectivity index (χ2n) is 7.12. The molecule has 0 spiro atoms. The van der Waals surface area contributed by atoms with Crippen molar-refractivity contribution in [3.63, 3.8) is 0 Å². The van der Waals surface area contributed by atoms with Crippen LogP contribution in [0, 0.1) is 17.8 Å². The van der Waals surface area contributed by atoms with E-state index in [2.05, 4.69) is 31.0 Å². The molecule has 1 aliphatic heterocycles. The lowest BCUT2D eigenvalue weighted by molar-refractivity contribution is -0.123. The Morgan fingerprint density at radius 3 is 2.48 bits per heavy atom. The van der Waals surface area contributed by atoms with Crippen molar-refractivity contribution in [2.45, 2.75) is 59.4 Å². The molecule has 124 valence electrons. The van der Waals surface area contributed by atoms with E-state index >= 15 is 0 Å². The van der Waals surface area contributed by atoms with Crippen LogP contribution in [-0.4, -0.2) is 43.0 Å². The summed E-state index contributed by atoms with van der Waals surface area (Å²) < 4.78 is 0. The Morgan fingerprint density at radius 1 is 1.29 bits per heavy atom. The fourth-order valence-corrected chi connectivity index (χ4v) is 3.28. The first-order valence-electron chi connectivity index (χ1n) is 8.69. The number of likely N-dealkylation sites (tertiary alicyclic amines) is 1. The first-order valence-corrected chi connectivity index (χ1v) is 8.69. The minimum atomic E-state index is -0.362. The van der Waals surface area contributed by atoms with Crippen molar-refractivity contribution in [1.82, 2.24) is 10.2 Å². The minimum absolute atomic E-state index is 0.00423. The highest BCUT2D eigenvalue weighted by Gasteiger charge is 2.21. The van der Waals surface area contributed by atoms with Crippen molar-refractivity contribution < 1.29 is 4.79 Å². The van der Waals surface area contributed by atoms with Gasteiger partial charge in [-0.15, -0.1) is 0 Å². The van der Waals surface area contributed by atoms with Crippen LogP contribution in [0.1, 0.15) is 53.4 Å². The number of nitrogens with zero attached hydrogens (tertiary/aromatic N) is 1. The summed E-state index contributed by atoms with van der Waals surface area (Å²) in [5, 5.41) is 2.97. The molecule has 4 nitrogen and oxygen atoms in total. The first-order chi connectivity index (χ1) is 9.93.